The topological polar surface area (TPSA) is 70.6 Å². The third kappa shape index (κ3) is 4.32. The van der Waals surface area contributed by atoms with Crippen molar-refractivity contribution in [1.82, 2.24) is 10.6 Å². The SMILES string of the molecule is O=C(N[C@@H]1CCNC[C@H]1O)c1ccccc1OC(F)(F)C(F)F. The van der Waals surface area contributed by atoms with Gasteiger partial charge in [-0.15, -0.1) is 0 Å². The molecule has 1 aromatic carbocycles. The number of hydrogen-bond donors (Lipinski definition) is 3. The molecule has 1 aliphatic rings. The number of carbonyl (C=O) groups excluding carboxylic acids is 1. The van der Waals surface area contributed by atoms with Gasteiger partial charge >= 0.3 is 12.5 Å². The molecule has 0 spiro atoms. The number of carbonyl (C=O) groups is 1. The minimum Gasteiger partial charge on any atom is -0.427 e. The first-order valence-corrected chi connectivity index (χ1v) is 6.95. The van der Waals surface area contributed by atoms with Crippen molar-refractivity contribution in [3.63, 3.8) is 0 Å². The Bertz CT molecular complexity index is 557. The van der Waals surface area contributed by atoms with E-state index in [0.717, 1.165) is 6.07 Å². The summed E-state index contributed by atoms with van der Waals surface area (Å²) in [6, 6.07) is 4.30. The van der Waals surface area contributed by atoms with Crippen LogP contribution < -0.4 is 15.4 Å². The lowest BCUT2D eigenvalue weighted by Gasteiger charge is -2.29. The number of ether oxygens (including phenoxy) is 1. The Morgan fingerprint density at radius 3 is 2.74 bits per heavy atom. The fourth-order valence-electron chi connectivity index (χ4n) is 2.19. The van der Waals surface area contributed by atoms with E-state index in [1.807, 2.05) is 0 Å². The number of hydrogen-bond acceptors (Lipinski definition) is 4. The zero-order valence-corrected chi connectivity index (χ0v) is 11.9. The largest absolute Gasteiger partial charge is 0.461 e. The first-order valence-electron chi connectivity index (χ1n) is 6.95. The zero-order chi connectivity index (χ0) is 17.0. The highest BCUT2D eigenvalue weighted by Crippen LogP contribution is 2.29. The summed E-state index contributed by atoms with van der Waals surface area (Å²) >= 11 is 0. The molecular weight excluding hydrogens is 320 g/mol. The highest BCUT2D eigenvalue weighted by atomic mass is 19.3. The predicted molar refractivity (Wildman–Crippen MR) is 72.8 cm³/mol. The van der Waals surface area contributed by atoms with Crippen LogP contribution in [0.15, 0.2) is 24.3 Å². The summed E-state index contributed by atoms with van der Waals surface area (Å²) in [4.78, 5) is 12.2. The smallest absolute Gasteiger partial charge is 0.427 e. The van der Waals surface area contributed by atoms with Gasteiger partial charge in [0.1, 0.15) is 5.75 Å². The quantitative estimate of drug-likeness (QED) is 0.711. The maximum absolute atomic E-state index is 13.0. The Hall–Kier alpha value is -1.87. The summed E-state index contributed by atoms with van der Waals surface area (Å²) in [6.45, 7) is 0.857. The summed E-state index contributed by atoms with van der Waals surface area (Å²) in [5, 5.41) is 15.2. The molecule has 0 saturated carbocycles. The number of nitrogens with one attached hydrogen (secondary N) is 2. The Balaban J connectivity index is 2.14. The number of benzene rings is 1. The van der Waals surface area contributed by atoms with Crippen LogP contribution in [0.25, 0.3) is 0 Å². The van der Waals surface area contributed by atoms with E-state index in [4.69, 9.17) is 0 Å². The van der Waals surface area contributed by atoms with E-state index in [1.54, 1.807) is 0 Å². The second-order valence-electron chi connectivity index (χ2n) is 5.10. The molecule has 1 amide bonds. The molecule has 1 aromatic rings. The van der Waals surface area contributed by atoms with E-state index in [2.05, 4.69) is 15.4 Å². The van der Waals surface area contributed by atoms with Gasteiger partial charge in [-0.1, -0.05) is 12.1 Å². The lowest BCUT2D eigenvalue weighted by atomic mass is 10.0. The van der Waals surface area contributed by atoms with Crippen molar-refractivity contribution >= 4 is 5.91 Å². The molecule has 3 N–H and O–H groups in total. The standard InChI is InChI=1S/C14H16F4N2O3/c15-13(16)14(17,18)23-11-4-2-1-3-8(11)12(22)20-9-5-6-19-7-10(9)21/h1-4,9-10,13,19,21H,5-7H2,(H,20,22)/t9-,10-/m1/s1. The van der Waals surface area contributed by atoms with Gasteiger partial charge in [0, 0.05) is 6.54 Å². The Morgan fingerprint density at radius 1 is 1.39 bits per heavy atom. The molecule has 0 unspecified atom stereocenters. The summed E-state index contributed by atoms with van der Waals surface area (Å²) in [5.41, 5.74) is -0.307. The second kappa shape index (κ2) is 7.14. The van der Waals surface area contributed by atoms with Crippen LogP contribution in [-0.4, -0.2) is 48.8 Å². The molecule has 0 aliphatic carbocycles. The summed E-state index contributed by atoms with van der Waals surface area (Å²) in [6.07, 6.45) is -9.11. The molecule has 1 heterocycles. The molecule has 128 valence electrons. The van der Waals surface area contributed by atoms with Crippen LogP contribution >= 0.6 is 0 Å². The predicted octanol–water partition coefficient (Wildman–Crippen LogP) is 1.38. The van der Waals surface area contributed by atoms with Gasteiger partial charge in [-0.3, -0.25) is 4.79 Å². The molecule has 1 saturated heterocycles. The number of aliphatic hydroxyl groups is 1. The molecular formula is C14H16F4N2O3. The summed E-state index contributed by atoms with van der Waals surface area (Å²) in [5.74, 6) is -1.43. The maximum atomic E-state index is 13.0. The number of β-amino-alcohol motifs (C(OH)–C–C–N with tert-alkyl or cyclic N) is 1. The van der Waals surface area contributed by atoms with E-state index < -0.39 is 36.3 Å². The van der Waals surface area contributed by atoms with Gasteiger partial charge in [0.05, 0.1) is 17.7 Å². The lowest BCUT2D eigenvalue weighted by molar-refractivity contribution is -0.253. The van der Waals surface area contributed by atoms with Crippen molar-refractivity contribution in [2.24, 2.45) is 0 Å². The Labute approximate surface area is 129 Å². The van der Waals surface area contributed by atoms with Gasteiger partial charge in [0.25, 0.3) is 5.91 Å². The summed E-state index contributed by atoms with van der Waals surface area (Å²) < 4.78 is 54.6. The number of halogens is 4. The van der Waals surface area contributed by atoms with Crippen LogP contribution in [0.1, 0.15) is 16.8 Å². The van der Waals surface area contributed by atoms with Gasteiger partial charge in [-0.2, -0.15) is 17.6 Å². The van der Waals surface area contributed by atoms with Crippen LogP contribution in [0, 0.1) is 0 Å². The average molecular weight is 336 g/mol. The first kappa shape index (κ1) is 17.5. The lowest BCUT2D eigenvalue weighted by Crippen LogP contribution is -2.52. The fraction of sp³-hybridized carbons (Fsp3) is 0.500. The minimum absolute atomic E-state index is 0.284. The molecule has 0 radical (unpaired) electrons. The second-order valence-corrected chi connectivity index (χ2v) is 5.10. The minimum atomic E-state index is -4.70. The molecule has 5 nitrogen and oxygen atoms in total. The van der Waals surface area contributed by atoms with Crippen molar-refractivity contribution in [3.8, 4) is 5.75 Å². The third-order valence-corrected chi connectivity index (χ3v) is 3.40. The molecule has 1 fully saturated rings. The van der Waals surface area contributed by atoms with Crippen molar-refractivity contribution in [1.29, 1.82) is 0 Å². The van der Waals surface area contributed by atoms with Gasteiger partial charge in [0.15, 0.2) is 0 Å². The zero-order valence-electron chi connectivity index (χ0n) is 11.9. The molecule has 9 heteroatoms. The van der Waals surface area contributed by atoms with Crippen LogP contribution in [0.4, 0.5) is 17.6 Å². The third-order valence-electron chi connectivity index (χ3n) is 3.40. The van der Waals surface area contributed by atoms with Gasteiger partial charge < -0.3 is 20.5 Å². The van der Waals surface area contributed by atoms with Gasteiger partial charge in [-0.05, 0) is 25.1 Å². The number of rotatable bonds is 5. The van der Waals surface area contributed by atoms with E-state index in [1.165, 1.54) is 18.2 Å². The molecule has 2 rings (SSSR count). The molecule has 23 heavy (non-hydrogen) atoms. The van der Waals surface area contributed by atoms with Crippen molar-refractivity contribution in [2.75, 3.05) is 13.1 Å². The molecule has 2 atom stereocenters. The Morgan fingerprint density at radius 2 is 2.09 bits per heavy atom. The summed E-state index contributed by atoms with van der Waals surface area (Å²) in [7, 11) is 0. The number of alkyl halides is 4. The molecule has 0 bridgehead atoms. The van der Waals surface area contributed by atoms with Crippen LogP contribution in [-0.2, 0) is 0 Å². The van der Waals surface area contributed by atoms with Crippen molar-refractivity contribution in [3.05, 3.63) is 29.8 Å². The average Bonchev–Trinajstić information content (AvgIpc) is 2.49. The van der Waals surface area contributed by atoms with E-state index in [0.29, 0.717) is 13.0 Å². The number of aliphatic hydroxyl groups excluding tert-OH is 1. The highest BCUT2D eigenvalue weighted by molar-refractivity contribution is 5.97. The van der Waals surface area contributed by atoms with Gasteiger partial charge in [0.2, 0.25) is 0 Å². The van der Waals surface area contributed by atoms with E-state index in [9.17, 15) is 27.5 Å². The first-order chi connectivity index (χ1) is 10.8. The monoisotopic (exact) mass is 336 g/mol. The van der Waals surface area contributed by atoms with Crippen LogP contribution in [0.5, 0.6) is 5.75 Å². The molecule has 0 aromatic heterocycles. The number of amides is 1. The van der Waals surface area contributed by atoms with Crippen molar-refractivity contribution in [2.45, 2.75) is 31.1 Å². The number of para-hydroxylation sites is 1. The van der Waals surface area contributed by atoms with Gasteiger partial charge in [-0.25, -0.2) is 0 Å². The number of piperidine rings is 1. The fourth-order valence-corrected chi connectivity index (χ4v) is 2.19. The molecule has 1 aliphatic heterocycles. The highest BCUT2D eigenvalue weighted by Gasteiger charge is 2.44. The Kier molecular flexibility index (Phi) is 5.42. The van der Waals surface area contributed by atoms with E-state index in [-0.39, 0.29) is 12.1 Å². The normalized spacial score (nSPS) is 22.0. The van der Waals surface area contributed by atoms with Crippen LogP contribution in [0.3, 0.4) is 0 Å². The van der Waals surface area contributed by atoms with Crippen LogP contribution in [0.2, 0.25) is 0 Å². The van der Waals surface area contributed by atoms with E-state index >= 15 is 0 Å². The van der Waals surface area contributed by atoms with Crippen molar-refractivity contribution < 1.29 is 32.2 Å². The maximum Gasteiger partial charge on any atom is 0.461 e.